The van der Waals surface area contributed by atoms with Crippen LogP contribution in [0.3, 0.4) is 0 Å². The van der Waals surface area contributed by atoms with Crippen LogP contribution in [0.25, 0.3) is 5.65 Å². The Balaban J connectivity index is 1.16. The number of pyridine rings is 1. The fourth-order valence-corrected chi connectivity index (χ4v) is 7.51. The van der Waals surface area contributed by atoms with E-state index in [0.29, 0.717) is 49.8 Å². The van der Waals surface area contributed by atoms with Crippen LogP contribution in [0.4, 0.5) is 10.6 Å². The number of nitrogens with zero attached hydrogens (tertiary/aromatic N) is 4. The van der Waals surface area contributed by atoms with Crippen molar-refractivity contribution in [3.05, 3.63) is 30.1 Å². The lowest BCUT2D eigenvalue weighted by Gasteiger charge is -2.56. The molecule has 1 aliphatic heterocycles. The van der Waals surface area contributed by atoms with Gasteiger partial charge < -0.3 is 20.2 Å². The van der Waals surface area contributed by atoms with Crippen molar-refractivity contribution < 1.29 is 19.5 Å². The average Bonchev–Trinajstić information content (AvgIpc) is 3.23. The largest absolute Gasteiger partial charge is 0.465 e. The molecule has 0 radical (unpaired) electrons. The first kappa shape index (κ1) is 21.4. The molecule has 4 aliphatic carbocycles. The first-order chi connectivity index (χ1) is 16.4. The lowest BCUT2D eigenvalue weighted by molar-refractivity contribution is -0.124. The number of carbonyl (C=O) groups is 3. The highest BCUT2D eigenvalue weighted by molar-refractivity contribution is 5.94. The van der Waals surface area contributed by atoms with Crippen LogP contribution < -0.4 is 5.32 Å². The summed E-state index contributed by atoms with van der Waals surface area (Å²) in [5, 5.41) is 12.2. The number of carbonyl (C=O) groups excluding carboxylic acids is 2. The Morgan fingerprint density at radius 1 is 0.971 bits per heavy atom. The van der Waals surface area contributed by atoms with Gasteiger partial charge in [-0.1, -0.05) is 6.07 Å². The molecule has 2 aromatic rings. The minimum Gasteiger partial charge on any atom is -0.465 e. The van der Waals surface area contributed by atoms with Gasteiger partial charge in [-0.2, -0.15) is 0 Å². The van der Waals surface area contributed by atoms with Crippen LogP contribution in [-0.4, -0.2) is 68.4 Å². The van der Waals surface area contributed by atoms with E-state index in [9.17, 15) is 14.4 Å². The van der Waals surface area contributed by atoms with E-state index in [0.717, 1.165) is 17.8 Å². The van der Waals surface area contributed by atoms with Gasteiger partial charge in [0.1, 0.15) is 17.2 Å². The number of imidazole rings is 1. The number of piperazine rings is 1. The average molecular weight is 466 g/mol. The maximum atomic E-state index is 13.1. The lowest BCUT2D eigenvalue weighted by atomic mass is 9.49. The Kier molecular flexibility index (Phi) is 5.04. The zero-order chi connectivity index (χ0) is 23.4. The number of fused-ring (bicyclic) bond motifs is 1. The highest BCUT2D eigenvalue weighted by atomic mass is 16.4. The maximum absolute atomic E-state index is 13.1. The van der Waals surface area contributed by atoms with Crippen LogP contribution in [0.1, 0.15) is 55.4 Å². The number of hydrogen-bond donors (Lipinski definition) is 2. The zero-order valence-corrected chi connectivity index (χ0v) is 19.3. The summed E-state index contributed by atoms with van der Waals surface area (Å²) in [6.45, 7) is 1.27. The standard InChI is InChI=1S/C25H31N5O4/c31-22(14-25-11-16-8-17(12-25)10-18(9-16)13-25)27-21-3-1-2-20-26-19(15-30(20)21)23(32)28-4-6-29(7-5-28)24(33)34/h1-3,15-18H,4-14H2,(H,27,31)(H,33,34). The second-order valence-corrected chi connectivity index (χ2v) is 11.0. The molecule has 5 aliphatic rings. The van der Waals surface area contributed by atoms with Crippen LogP contribution in [0.5, 0.6) is 0 Å². The minimum absolute atomic E-state index is 0.0424. The third-order valence-electron chi connectivity index (χ3n) is 8.52. The molecule has 7 rings (SSSR count). The quantitative estimate of drug-likeness (QED) is 0.720. The molecule has 2 aromatic heterocycles. The Bertz CT molecular complexity index is 1110. The maximum Gasteiger partial charge on any atom is 0.407 e. The third-order valence-corrected chi connectivity index (χ3v) is 8.52. The van der Waals surface area contributed by atoms with Gasteiger partial charge in [0.05, 0.1) is 0 Å². The normalized spacial score (nSPS) is 30.1. The molecule has 0 atom stereocenters. The predicted octanol–water partition coefficient (Wildman–Crippen LogP) is 3.32. The fourth-order valence-electron chi connectivity index (χ4n) is 7.51. The zero-order valence-electron chi connectivity index (χ0n) is 19.3. The highest BCUT2D eigenvalue weighted by Crippen LogP contribution is 2.61. The van der Waals surface area contributed by atoms with Gasteiger partial charge in [-0.25, -0.2) is 9.78 Å². The minimum atomic E-state index is -0.964. The molecule has 0 spiro atoms. The summed E-state index contributed by atoms with van der Waals surface area (Å²) in [7, 11) is 0. The first-order valence-corrected chi connectivity index (χ1v) is 12.4. The number of hydrogen-bond acceptors (Lipinski definition) is 4. The van der Waals surface area contributed by atoms with Crippen molar-refractivity contribution in [3.8, 4) is 0 Å². The smallest absolute Gasteiger partial charge is 0.407 e. The molecule has 2 N–H and O–H groups in total. The fraction of sp³-hybridized carbons (Fsp3) is 0.600. The summed E-state index contributed by atoms with van der Waals surface area (Å²) < 4.78 is 1.76. The lowest BCUT2D eigenvalue weighted by Crippen LogP contribution is -2.50. The van der Waals surface area contributed by atoms with Crippen molar-refractivity contribution in [1.82, 2.24) is 19.2 Å². The van der Waals surface area contributed by atoms with Gasteiger partial charge >= 0.3 is 6.09 Å². The second kappa shape index (κ2) is 7.99. The molecule has 5 fully saturated rings. The van der Waals surface area contributed by atoms with E-state index in [4.69, 9.17) is 5.11 Å². The Morgan fingerprint density at radius 2 is 1.59 bits per heavy atom. The van der Waals surface area contributed by atoms with Crippen molar-refractivity contribution in [2.24, 2.45) is 23.2 Å². The summed E-state index contributed by atoms with van der Waals surface area (Å²) in [5.74, 6) is 2.86. The van der Waals surface area contributed by atoms with Crippen LogP contribution >= 0.6 is 0 Å². The molecule has 0 aromatic carbocycles. The van der Waals surface area contributed by atoms with Gasteiger partial charge in [0.25, 0.3) is 5.91 Å². The molecule has 34 heavy (non-hydrogen) atoms. The van der Waals surface area contributed by atoms with Crippen LogP contribution in [0.2, 0.25) is 0 Å². The van der Waals surface area contributed by atoms with Crippen LogP contribution in [0, 0.1) is 23.2 Å². The first-order valence-electron chi connectivity index (χ1n) is 12.4. The van der Waals surface area contributed by atoms with Crippen molar-refractivity contribution >= 4 is 29.4 Å². The molecule has 9 heteroatoms. The number of carboxylic acid groups (broad SMARTS) is 1. The Hall–Kier alpha value is -3.10. The van der Waals surface area contributed by atoms with Gasteiger partial charge in [0, 0.05) is 38.8 Å². The van der Waals surface area contributed by atoms with Crippen LogP contribution in [-0.2, 0) is 4.79 Å². The number of aromatic nitrogens is 2. The summed E-state index contributed by atoms with van der Waals surface area (Å²) in [4.78, 5) is 44.7. The van der Waals surface area contributed by atoms with Crippen molar-refractivity contribution in [2.45, 2.75) is 44.9 Å². The van der Waals surface area contributed by atoms with E-state index < -0.39 is 6.09 Å². The second-order valence-electron chi connectivity index (χ2n) is 11.0. The predicted molar refractivity (Wildman–Crippen MR) is 125 cm³/mol. The van der Waals surface area contributed by atoms with E-state index in [2.05, 4.69) is 10.3 Å². The number of nitrogens with one attached hydrogen (secondary N) is 1. The van der Waals surface area contributed by atoms with Gasteiger partial charge in [-0.05, 0) is 73.8 Å². The van der Waals surface area contributed by atoms with E-state index in [1.807, 2.05) is 18.2 Å². The Morgan fingerprint density at radius 3 is 2.21 bits per heavy atom. The van der Waals surface area contributed by atoms with Gasteiger partial charge in [0.15, 0.2) is 0 Å². The molecule has 180 valence electrons. The van der Waals surface area contributed by atoms with Crippen LogP contribution in [0.15, 0.2) is 24.4 Å². The molecule has 4 saturated carbocycles. The third kappa shape index (κ3) is 3.80. The summed E-state index contributed by atoms with van der Waals surface area (Å²) in [6, 6.07) is 5.49. The van der Waals surface area contributed by atoms with Crippen molar-refractivity contribution in [1.29, 1.82) is 0 Å². The molecule has 1 saturated heterocycles. The summed E-state index contributed by atoms with van der Waals surface area (Å²) >= 11 is 0. The molecule has 4 bridgehead atoms. The number of amides is 3. The SMILES string of the molecule is O=C(CC12CC3CC(CC(C3)C1)C2)Nc1cccc2nc(C(=O)N3CCN(C(=O)O)CC3)cn12. The Labute approximate surface area is 198 Å². The topological polar surface area (TPSA) is 107 Å². The van der Waals surface area contributed by atoms with E-state index >= 15 is 0 Å². The molecule has 3 amide bonds. The number of anilines is 1. The molecular formula is C25H31N5O4. The molecular weight excluding hydrogens is 434 g/mol. The molecule has 3 heterocycles. The number of rotatable bonds is 4. The highest BCUT2D eigenvalue weighted by Gasteiger charge is 2.51. The van der Waals surface area contributed by atoms with E-state index in [-0.39, 0.29) is 17.2 Å². The molecule has 0 unspecified atom stereocenters. The monoisotopic (exact) mass is 465 g/mol. The molecule has 9 nitrogen and oxygen atoms in total. The van der Waals surface area contributed by atoms with Crippen molar-refractivity contribution in [3.63, 3.8) is 0 Å². The van der Waals surface area contributed by atoms with Gasteiger partial charge in [-0.15, -0.1) is 0 Å². The van der Waals surface area contributed by atoms with Crippen molar-refractivity contribution in [2.75, 3.05) is 31.5 Å². The van der Waals surface area contributed by atoms with Gasteiger partial charge in [0.2, 0.25) is 5.91 Å². The van der Waals surface area contributed by atoms with E-state index in [1.165, 1.54) is 43.4 Å². The van der Waals surface area contributed by atoms with E-state index in [1.54, 1.807) is 15.5 Å². The summed E-state index contributed by atoms with van der Waals surface area (Å²) in [5.41, 5.74) is 1.06. The van der Waals surface area contributed by atoms with Gasteiger partial charge in [-0.3, -0.25) is 14.0 Å². The summed E-state index contributed by atoms with van der Waals surface area (Å²) in [6.07, 6.45) is 8.92.